The Balaban J connectivity index is 2.12. The fourth-order valence-corrected chi connectivity index (χ4v) is 1.67. The summed E-state index contributed by atoms with van der Waals surface area (Å²) in [5.41, 5.74) is 0.418. The van der Waals surface area contributed by atoms with E-state index in [2.05, 4.69) is 15.4 Å². The number of hydrogen-bond acceptors (Lipinski definition) is 6. The highest BCUT2D eigenvalue weighted by Crippen LogP contribution is 2.24. The quantitative estimate of drug-likeness (QED) is 0.641. The van der Waals surface area contributed by atoms with Crippen LogP contribution in [0.25, 0.3) is 0 Å². The number of hydrogen-bond donors (Lipinski definition) is 2. The van der Waals surface area contributed by atoms with E-state index >= 15 is 0 Å². The molecule has 8 nitrogen and oxygen atoms in total. The van der Waals surface area contributed by atoms with Crippen LogP contribution in [0.5, 0.6) is 5.75 Å². The van der Waals surface area contributed by atoms with Crippen LogP contribution in [0.1, 0.15) is 18.7 Å². The number of nitrogens with zero attached hydrogens (tertiary/aromatic N) is 4. The summed E-state index contributed by atoms with van der Waals surface area (Å²) in [5, 5.41) is 27.3. The van der Waals surface area contributed by atoms with Gasteiger partial charge in [0.1, 0.15) is 17.7 Å². The lowest BCUT2D eigenvalue weighted by atomic mass is 10.2. The van der Waals surface area contributed by atoms with Crippen molar-refractivity contribution in [2.45, 2.75) is 13.0 Å². The summed E-state index contributed by atoms with van der Waals surface area (Å²) < 4.78 is 1.51. The smallest absolute Gasteiger partial charge is 0.287 e. The monoisotopic (exact) mass is 263 g/mol. The predicted molar refractivity (Wildman–Crippen MR) is 67.8 cm³/mol. The predicted octanol–water partition coefficient (Wildman–Crippen LogP) is 1.60. The van der Waals surface area contributed by atoms with Gasteiger partial charge in [-0.1, -0.05) is 0 Å². The van der Waals surface area contributed by atoms with Gasteiger partial charge in [-0.3, -0.25) is 14.8 Å². The molecule has 1 unspecified atom stereocenters. The number of nitrogens with one attached hydrogen (secondary N) is 1. The number of aromatic nitrogens is 3. The molecule has 0 saturated heterocycles. The third-order valence-electron chi connectivity index (χ3n) is 2.57. The lowest BCUT2D eigenvalue weighted by Gasteiger charge is -2.12. The topological polar surface area (TPSA) is 106 Å². The fraction of sp³-hybridized carbons (Fsp3) is 0.273. The first-order valence-corrected chi connectivity index (χ1v) is 5.57. The van der Waals surface area contributed by atoms with Gasteiger partial charge >= 0.3 is 0 Å². The van der Waals surface area contributed by atoms with Crippen molar-refractivity contribution < 1.29 is 10.0 Å². The molecule has 1 atom stereocenters. The molecular weight excluding hydrogens is 250 g/mol. The first-order valence-electron chi connectivity index (χ1n) is 5.57. The van der Waals surface area contributed by atoms with E-state index in [1.807, 2.05) is 6.92 Å². The normalized spacial score (nSPS) is 12.1. The second kappa shape index (κ2) is 4.92. The molecule has 19 heavy (non-hydrogen) atoms. The molecule has 2 rings (SSSR count). The van der Waals surface area contributed by atoms with Crippen molar-refractivity contribution in [3.05, 3.63) is 40.3 Å². The molecule has 8 heteroatoms. The second-order valence-electron chi connectivity index (χ2n) is 4.10. The minimum atomic E-state index is -0.509. The molecule has 0 spiro atoms. The molecule has 100 valence electrons. The van der Waals surface area contributed by atoms with Gasteiger partial charge in [0.05, 0.1) is 17.2 Å². The SMILES string of the molecule is CC(Nc1ccc([N+](=O)[O-])cn1)c1nn(C)cc1O. The summed E-state index contributed by atoms with van der Waals surface area (Å²) in [6, 6.07) is 2.60. The summed E-state index contributed by atoms with van der Waals surface area (Å²) >= 11 is 0. The maximum absolute atomic E-state index is 10.5. The molecule has 0 bridgehead atoms. The molecule has 0 aromatic carbocycles. The van der Waals surface area contributed by atoms with Gasteiger partial charge in [-0.25, -0.2) is 4.98 Å². The fourth-order valence-electron chi connectivity index (χ4n) is 1.67. The molecule has 0 radical (unpaired) electrons. The van der Waals surface area contributed by atoms with Gasteiger partial charge in [0.2, 0.25) is 0 Å². The Hall–Kier alpha value is -2.64. The summed E-state index contributed by atoms with van der Waals surface area (Å²) in [5.74, 6) is 0.563. The molecular formula is C11H13N5O3. The van der Waals surface area contributed by atoms with Gasteiger partial charge in [0, 0.05) is 13.1 Å². The number of aromatic hydroxyl groups is 1. The number of pyridine rings is 1. The lowest BCUT2D eigenvalue weighted by molar-refractivity contribution is -0.385. The third-order valence-corrected chi connectivity index (χ3v) is 2.57. The number of anilines is 1. The maximum atomic E-state index is 10.5. The highest BCUT2D eigenvalue weighted by molar-refractivity contribution is 5.42. The summed E-state index contributed by atoms with van der Waals surface area (Å²) in [6.07, 6.45) is 2.67. The summed E-state index contributed by atoms with van der Waals surface area (Å²) in [7, 11) is 1.71. The van der Waals surface area contributed by atoms with E-state index < -0.39 is 4.92 Å². The third kappa shape index (κ3) is 2.79. The van der Waals surface area contributed by atoms with Gasteiger partial charge in [0.25, 0.3) is 5.69 Å². The zero-order chi connectivity index (χ0) is 14.0. The van der Waals surface area contributed by atoms with Crippen molar-refractivity contribution >= 4 is 11.5 Å². The van der Waals surface area contributed by atoms with Crippen molar-refractivity contribution in [3.63, 3.8) is 0 Å². The van der Waals surface area contributed by atoms with Crippen LogP contribution < -0.4 is 5.32 Å². The average molecular weight is 263 g/mol. The first-order chi connectivity index (χ1) is 8.97. The van der Waals surface area contributed by atoms with E-state index in [0.717, 1.165) is 0 Å². The Bertz CT molecular complexity index is 593. The van der Waals surface area contributed by atoms with Crippen LogP contribution in [-0.4, -0.2) is 24.8 Å². The van der Waals surface area contributed by atoms with E-state index in [0.29, 0.717) is 11.5 Å². The first kappa shape index (κ1) is 12.8. The summed E-state index contributed by atoms with van der Waals surface area (Å²) in [4.78, 5) is 13.9. The van der Waals surface area contributed by atoms with Crippen LogP contribution >= 0.6 is 0 Å². The molecule has 0 aliphatic rings. The molecule has 2 aromatic heterocycles. The van der Waals surface area contributed by atoms with Gasteiger partial charge in [-0.05, 0) is 13.0 Å². The molecule has 2 aromatic rings. The summed E-state index contributed by atoms with van der Waals surface area (Å²) in [6.45, 7) is 1.81. The second-order valence-corrected chi connectivity index (χ2v) is 4.10. The maximum Gasteiger partial charge on any atom is 0.287 e. The Morgan fingerprint density at radius 1 is 1.53 bits per heavy atom. The van der Waals surface area contributed by atoms with Crippen molar-refractivity contribution in [3.8, 4) is 5.75 Å². The van der Waals surface area contributed by atoms with Gasteiger partial charge in [0.15, 0.2) is 5.75 Å². The molecule has 2 N–H and O–H groups in total. The average Bonchev–Trinajstić information content (AvgIpc) is 2.69. The van der Waals surface area contributed by atoms with E-state index in [-0.39, 0.29) is 17.5 Å². The van der Waals surface area contributed by atoms with E-state index in [1.165, 1.54) is 29.2 Å². The van der Waals surface area contributed by atoms with E-state index in [4.69, 9.17) is 0 Å². The molecule has 0 saturated carbocycles. The Kier molecular flexibility index (Phi) is 3.32. The largest absolute Gasteiger partial charge is 0.504 e. The number of rotatable bonds is 4. The Labute approximate surface area is 108 Å². The van der Waals surface area contributed by atoms with Crippen LogP contribution in [0, 0.1) is 10.1 Å². The van der Waals surface area contributed by atoms with Crippen molar-refractivity contribution in [2.24, 2.45) is 7.05 Å². The van der Waals surface area contributed by atoms with Crippen LogP contribution in [0.4, 0.5) is 11.5 Å². The molecule has 0 aliphatic heterocycles. The number of nitro groups is 1. The van der Waals surface area contributed by atoms with Crippen LogP contribution in [-0.2, 0) is 7.05 Å². The van der Waals surface area contributed by atoms with Gasteiger partial charge in [-0.15, -0.1) is 0 Å². The number of aryl methyl sites for hydroxylation is 1. The zero-order valence-corrected chi connectivity index (χ0v) is 10.4. The van der Waals surface area contributed by atoms with Crippen molar-refractivity contribution in [1.82, 2.24) is 14.8 Å². The lowest BCUT2D eigenvalue weighted by Crippen LogP contribution is -2.09. The van der Waals surface area contributed by atoms with Gasteiger partial charge < -0.3 is 10.4 Å². The minimum absolute atomic E-state index is 0.0705. The zero-order valence-electron chi connectivity index (χ0n) is 10.4. The molecule has 0 fully saturated rings. The standard InChI is InChI=1S/C11H13N5O3/c1-7(11-9(17)6-15(2)14-11)13-10-4-3-8(5-12-10)16(18)19/h3-7,17H,1-2H3,(H,12,13). The highest BCUT2D eigenvalue weighted by Gasteiger charge is 2.15. The molecule has 0 aliphatic carbocycles. The van der Waals surface area contributed by atoms with Gasteiger partial charge in [-0.2, -0.15) is 5.10 Å². The van der Waals surface area contributed by atoms with Crippen LogP contribution in [0.3, 0.4) is 0 Å². The van der Waals surface area contributed by atoms with Crippen LogP contribution in [0.15, 0.2) is 24.5 Å². The van der Waals surface area contributed by atoms with E-state index in [9.17, 15) is 15.2 Å². The minimum Gasteiger partial charge on any atom is -0.504 e. The highest BCUT2D eigenvalue weighted by atomic mass is 16.6. The van der Waals surface area contributed by atoms with Crippen molar-refractivity contribution in [1.29, 1.82) is 0 Å². The molecule has 2 heterocycles. The van der Waals surface area contributed by atoms with Crippen LogP contribution in [0.2, 0.25) is 0 Å². The van der Waals surface area contributed by atoms with Crippen molar-refractivity contribution in [2.75, 3.05) is 5.32 Å². The molecule has 0 amide bonds. The van der Waals surface area contributed by atoms with E-state index in [1.54, 1.807) is 7.05 Å². The Morgan fingerprint density at radius 3 is 2.74 bits per heavy atom. The Morgan fingerprint density at radius 2 is 2.26 bits per heavy atom.